The van der Waals surface area contributed by atoms with Crippen molar-refractivity contribution < 1.29 is 23.8 Å². The van der Waals surface area contributed by atoms with E-state index in [4.69, 9.17) is 15.6 Å². The molecule has 3 heterocycles. The average Bonchev–Trinajstić information content (AvgIpc) is 3.37. The van der Waals surface area contributed by atoms with Gasteiger partial charge in [-0.25, -0.2) is 23.8 Å². The van der Waals surface area contributed by atoms with Crippen LogP contribution in [-0.4, -0.2) is 61.3 Å². The summed E-state index contributed by atoms with van der Waals surface area (Å²) in [5.41, 5.74) is 6.10. The maximum absolute atomic E-state index is 14.9. The Hall–Kier alpha value is -4.49. The molecule has 0 saturated heterocycles. The van der Waals surface area contributed by atoms with Crippen molar-refractivity contribution in [3.05, 3.63) is 42.1 Å². The van der Waals surface area contributed by atoms with E-state index in [1.807, 2.05) is 6.92 Å². The van der Waals surface area contributed by atoms with Gasteiger partial charge in [-0.05, 0) is 25.0 Å². The fourth-order valence-electron chi connectivity index (χ4n) is 3.49. The zero-order chi connectivity index (χ0) is 25.5. The number of carbonyl (C=O) groups is 2. The number of nitrogens with two attached hydrogens (primary N) is 1. The highest BCUT2D eigenvalue weighted by Gasteiger charge is 2.24. The molecule has 14 heteroatoms. The molecule has 2 atom stereocenters. The molecule has 0 aromatic carbocycles. The van der Waals surface area contributed by atoms with Crippen molar-refractivity contribution in [3.8, 4) is 11.6 Å². The first kappa shape index (κ1) is 25.1. The van der Waals surface area contributed by atoms with Crippen LogP contribution in [0.3, 0.4) is 0 Å². The van der Waals surface area contributed by atoms with Crippen molar-refractivity contribution in [2.24, 2.45) is 5.73 Å². The molecule has 0 bridgehead atoms. The number of rotatable bonds is 11. The van der Waals surface area contributed by atoms with E-state index < -0.39 is 29.9 Å². The number of carbonyl (C=O) groups excluding carboxylic acids is 1. The second-order valence-corrected chi connectivity index (χ2v) is 7.43. The first-order valence-electron chi connectivity index (χ1n) is 10.7. The van der Waals surface area contributed by atoms with Crippen molar-refractivity contribution in [1.82, 2.24) is 30.3 Å². The van der Waals surface area contributed by atoms with Crippen LogP contribution in [0.15, 0.2) is 30.7 Å². The molecule has 0 aliphatic carbocycles. The molecule has 13 nitrogen and oxygen atoms in total. The lowest BCUT2D eigenvalue weighted by molar-refractivity contribution is 0.1000. The molecule has 0 spiro atoms. The quantitative estimate of drug-likeness (QED) is 0.269. The van der Waals surface area contributed by atoms with Gasteiger partial charge in [0.1, 0.15) is 11.5 Å². The SMILES string of the molecule is CC[C@H](NC(=O)O)[C@@H](CC)Nc1nc(Nc2cnc(OC)c(-n3ccnn3)c2)c(C(N)=O)cc1F. The number of nitrogens with one attached hydrogen (secondary N) is 3. The molecule has 0 aliphatic rings. The van der Waals surface area contributed by atoms with Gasteiger partial charge in [0.15, 0.2) is 11.6 Å². The summed E-state index contributed by atoms with van der Waals surface area (Å²) in [7, 11) is 1.45. The van der Waals surface area contributed by atoms with Crippen LogP contribution < -0.4 is 26.4 Å². The van der Waals surface area contributed by atoms with Crippen molar-refractivity contribution in [2.45, 2.75) is 38.8 Å². The van der Waals surface area contributed by atoms with Crippen LogP contribution in [0.25, 0.3) is 5.69 Å². The van der Waals surface area contributed by atoms with Crippen molar-refractivity contribution in [1.29, 1.82) is 0 Å². The van der Waals surface area contributed by atoms with E-state index in [1.54, 1.807) is 19.2 Å². The zero-order valence-corrected chi connectivity index (χ0v) is 19.3. The molecule has 0 radical (unpaired) electrons. The van der Waals surface area contributed by atoms with Gasteiger partial charge < -0.3 is 31.5 Å². The standard InChI is InChI=1S/C21H26FN9O4/c1-4-14(15(5-2)28-21(33)34)27-19-13(22)9-12(17(23)32)18(29-19)26-11-8-16(20(35-3)24-10-11)31-7-6-25-30-31/h6-10,14-15,28H,4-5H2,1-3H3,(H2,23,32)(H,33,34)(H2,26,27,29)/t14-,15+/m1/s1. The molecule has 0 aliphatic heterocycles. The summed E-state index contributed by atoms with van der Waals surface area (Å²) >= 11 is 0. The van der Waals surface area contributed by atoms with Crippen LogP contribution in [0.1, 0.15) is 37.0 Å². The van der Waals surface area contributed by atoms with E-state index in [0.717, 1.165) is 6.07 Å². The Morgan fingerprint density at radius 2 is 1.97 bits per heavy atom. The molecule has 6 N–H and O–H groups in total. The second kappa shape index (κ2) is 11.1. The number of ether oxygens (including phenoxy) is 1. The fraction of sp³-hybridized carbons (Fsp3) is 0.333. The van der Waals surface area contributed by atoms with Gasteiger partial charge in [-0.2, -0.15) is 0 Å². The number of pyridine rings is 2. The highest BCUT2D eigenvalue weighted by Crippen LogP contribution is 2.28. The lowest BCUT2D eigenvalue weighted by Crippen LogP contribution is -2.46. The van der Waals surface area contributed by atoms with Gasteiger partial charge in [0.2, 0.25) is 5.88 Å². The summed E-state index contributed by atoms with van der Waals surface area (Å²) in [6.45, 7) is 3.63. The van der Waals surface area contributed by atoms with Gasteiger partial charge in [0.25, 0.3) is 5.91 Å². The molecule has 2 amide bonds. The molecule has 0 unspecified atom stereocenters. The van der Waals surface area contributed by atoms with Crippen LogP contribution >= 0.6 is 0 Å². The van der Waals surface area contributed by atoms with E-state index in [9.17, 15) is 14.0 Å². The normalized spacial score (nSPS) is 12.5. The molecular formula is C21H26FN9O4. The third-order valence-corrected chi connectivity index (χ3v) is 5.20. The number of hydrogen-bond donors (Lipinski definition) is 5. The van der Waals surface area contributed by atoms with Crippen molar-refractivity contribution in [2.75, 3.05) is 17.7 Å². The van der Waals surface area contributed by atoms with Gasteiger partial charge in [0, 0.05) is 6.04 Å². The molecule has 3 aromatic heterocycles. The first-order chi connectivity index (χ1) is 16.8. The number of methoxy groups -OCH3 is 1. The second-order valence-electron chi connectivity index (χ2n) is 7.43. The number of anilines is 3. The number of carboxylic acid groups (broad SMARTS) is 1. The third-order valence-electron chi connectivity index (χ3n) is 5.20. The Morgan fingerprint density at radius 3 is 2.54 bits per heavy atom. The highest BCUT2D eigenvalue weighted by atomic mass is 19.1. The molecule has 0 saturated carbocycles. The number of aromatic nitrogens is 5. The van der Waals surface area contributed by atoms with E-state index >= 15 is 0 Å². The van der Waals surface area contributed by atoms with Crippen LogP contribution in [0, 0.1) is 5.82 Å². The van der Waals surface area contributed by atoms with Gasteiger partial charge in [0.05, 0.1) is 43.0 Å². The minimum Gasteiger partial charge on any atom is -0.479 e. The Labute approximate surface area is 199 Å². The molecular weight excluding hydrogens is 461 g/mol. The summed E-state index contributed by atoms with van der Waals surface area (Å²) in [5, 5.41) is 25.1. The smallest absolute Gasteiger partial charge is 0.404 e. The van der Waals surface area contributed by atoms with Crippen LogP contribution in [0.2, 0.25) is 0 Å². The molecule has 186 valence electrons. The van der Waals surface area contributed by atoms with Gasteiger partial charge in [-0.15, -0.1) is 5.10 Å². The van der Waals surface area contributed by atoms with Crippen LogP contribution in [0.5, 0.6) is 5.88 Å². The Kier molecular flexibility index (Phi) is 7.96. The number of halogens is 1. The molecule has 3 rings (SSSR count). The fourth-order valence-corrected chi connectivity index (χ4v) is 3.49. The first-order valence-corrected chi connectivity index (χ1v) is 10.7. The molecule has 35 heavy (non-hydrogen) atoms. The third kappa shape index (κ3) is 5.90. The summed E-state index contributed by atoms with van der Waals surface area (Å²) in [6, 6.07) is 1.63. The van der Waals surface area contributed by atoms with Crippen LogP contribution in [-0.2, 0) is 0 Å². The van der Waals surface area contributed by atoms with Crippen LogP contribution in [0.4, 0.5) is 26.5 Å². The summed E-state index contributed by atoms with van der Waals surface area (Å²) in [6.07, 6.45) is 4.26. The predicted molar refractivity (Wildman–Crippen MR) is 125 cm³/mol. The van der Waals surface area contributed by atoms with E-state index in [0.29, 0.717) is 24.2 Å². The van der Waals surface area contributed by atoms with E-state index in [-0.39, 0.29) is 23.1 Å². The van der Waals surface area contributed by atoms with Crippen molar-refractivity contribution >= 4 is 29.3 Å². The minimum absolute atomic E-state index is 0.0213. The van der Waals surface area contributed by atoms with Crippen molar-refractivity contribution in [3.63, 3.8) is 0 Å². The van der Waals surface area contributed by atoms with E-state index in [2.05, 4.69) is 36.2 Å². The zero-order valence-electron chi connectivity index (χ0n) is 19.3. The number of nitrogens with zero attached hydrogens (tertiary/aromatic N) is 5. The lowest BCUT2D eigenvalue weighted by Gasteiger charge is -2.27. The Morgan fingerprint density at radius 1 is 1.23 bits per heavy atom. The largest absolute Gasteiger partial charge is 0.479 e. The predicted octanol–water partition coefficient (Wildman–Crippen LogP) is 2.28. The Balaban J connectivity index is 1.98. The van der Waals surface area contributed by atoms with Gasteiger partial charge >= 0.3 is 6.09 Å². The summed E-state index contributed by atoms with van der Waals surface area (Å²) in [5.74, 6) is -1.63. The molecule has 0 fully saturated rings. The monoisotopic (exact) mass is 487 g/mol. The van der Waals surface area contributed by atoms with E-state index in [1.165, 1.54) is 24.2 Å². The van der Waals surface area contributed by atoms with Gasteiger partial charge in [-0.1, -0.05) is 19.1 Å². The Bertz CT molecular complexity index is 1190. The summed E-state index contributed by atoms with van der Waals surface area (Å²) in [4.78, 5) is 31.6. The number of amides is 2. The maximum Gasteiger partial charge on any atom is 0.404 e. The topological polar surface area (TPSA) is 182 Å². The van der Waals surface area contributed by atoms with Gasteiger partial charge in [-0.3, -0.25) is 4.79 Å². The minimum atomic E-state index is -1.19. The molecule has 3 aromatic rings. The average molecular weight is 487 g/mol. The summed E-state index contributed by atoms with van der Waals surface area (Å²) < 4.78 is 21.6. The number of hydrogen-bond acceptors (Lipinski definition) is 9. The maximum atomic E-state index is 14.9. The lowest BCUT2D eigenvalue weighted by atomic mass is 10.0. The number of primary amides is 1. The highest BCUT2D eigenvalue weighted by molar-refractivity contribution is 5.98.